The number of hydrogen-bond acceptors (Lipinski definition) is 4. The van der Waals surface area contributed by atoms with Crippen LogP contribution in [0.2, 0.25) is 0 Å². The molecule has 2 aromatic heterocycles. The van der Waals surface area contributed by atoms with E-state index in [-0.39, 0.29) is 31.4 Å². The highest BCUT2D eigenvalue weighted by molar-refractivity contribution is 5.95. The molecule has 7 nitrogen and oxygen atoms in total. The van der Waals surface area contributed by atoms with Gasteiger partial charge in [-0.2, -0.15) is 18.3 Å². The Morgan fingerprint density at radius 1 is 1.33 bits per heavy atom. The molecule has 112 valence electrons. The highest BCUT2D eigenvalue weighted by atomic mass is 19.4. The minimum absolute atomic E-state index is 0.00741. The second-order valence-corrected chi connectivity index (χ2v) is 4.72. The topological polar surface area (TPSA) is 79.7 Å². The standard InChI is InChI=1S/C11H11F3N6O/c1-6-7(4-15-16-6)9(21)19-2-3-20-8(5-19)17-18-10(20)11(12,13)14/h4H,2-3,5H2,1H3,(H,15,16). The fraction of sp³-hybridized carbons (Fsp3) is 0.455. The highest BCUT2D eigenvalue weighted by Gasteiger charge is 2.40. The summed E-state index contributed by atoms with van der Waals surface area (Å²) in [6.07, 6.45) is -3.14. The number of carbonyl (C=O) groups is 1. The Hall–Kier alpha value is -2.39. The molecule has 0 unspecified atom stereocenters. The Bertz CT molecular complexity index is 688. The van der Waals surface area contributed by atoms with Gasteiger partial charge in [0, 0.05) is 18.8 Å². The molecule has 1 amide bonds. The average Bonchev–Trinajstić information content (AvgIpc) is 3.02. The number of rotatable bonds is 1. The van der Waals surface area contributed by atoms with Crippen molar-refractivity contribution in [1.82, 2.24) is 29.9 Å². The van der Waals surface area contributed by atoms with Gasteiger partial charge in [0.25, 0.3) is 5.91 Å². The fourth-order valence-electron chi connectivity index (χ4n) is 2.28. The third-order valence-corrected chi connectivity index (χ3v) is 3.35. The van der Waals surface area contributed by atoms with Gasteiger partial charge < -0.3 is 9.47 Å². The number of amides is 1. The Morgan fingerprint density at radius 3 is 2.71 bits per heavy atom. The van der Waals surface area contributed by atoms with Crippen molar-refractivity contribution in [3.8, 4) is 0 Å². The maximum absolute atomic E-state index is 12.7. The lowest BCUT2D eigenvalue weighted by atomic mass is 10.2. The number of H-pyrrole nitrogens is 1. The van der Waals surface area contributed by atoms with E-state index in [1.807, 2.05) is 0 Å². The Labute approximate surface area is 116 Å². The monoisotopic (exact) mass is 300 g/mol. The predicted molar refractivity (Wildman–Crippen MR) is 63.1 cm³/mol. The van der Waals surface area contributed by atoms with E-state index in [9.17, 15) is 18.0 Å². The number of alkyl halides is 3. The number of halogens is 3. The SMILES string of the molecule is Cc1[nH]ncc1C(=O)N1CCn2c(nnc2C(F)(F)F)C1. The summed E-state index contributed by atoms with van der Waals surface area (Å²) in [4.78, 5) is 13.7. The number of aromatic amines is 1. The molecule has 21 heavy (non-hydrogen) atoms. The van der Waals surface area contributed by atoms with Crippen molar-refractivity contribution in [2.45, 2.75) is 26.2 Å². The molecule has 0 bridgehead atoms. The van der Waals surface area contributed by atoms with Crippen LogP contribution < -0.4 is 0 Å². The normalized spacial score (nSPS) is 15.1. The summed E-state index contributed by atoms with van der Waals surface area (Å²) in [5, 5.41) is 13.1. The molecule has 0 saturated heterocycles. The summed E-state index contributed by atoms with van der Waals surface area (Å²) in [5.74, 6) is -1.18. The van der Waals surface area contributed by atoms with Gasteiger partial charge in [-0.3, -0.25) is 9.89 Å². The highest BCUT2D eigenvalue weighted by Crippen LogP contribution is 2.29. The van der Waals surface area contributed by atoms with Crippen LogP contribution >= 0.6 is 0 Å². The van der Waals surface area contributed by atoms with Crippen LogP contribution in [0, 0.1) is 6.92 Å². The van der Waals surface area contributed by atoms with Crippen molar-refractivity contribution in [3.05, 3.63) is 29.1 Å². The first-order chi connectivity index (χ1) is 9.88. The van der Waals surface area contributed by atoms with Crippen LogP contribution in [0.15, 0.2) is 6.20 Å². The molecule has 3 heterocycles. The van der Waals surface area contributed by atoms with E-state index in [0.29, 0.717) is 11.3 Å². The lowest BCUT2D eigenvalue weighted by molar-refractivity contribution is -0.147. The molecule has 1 N–H and O–H groups in total. The quantitative estimate of drug-likeness (QED) is 0.851. The first-order valence-corrected chi connectivity index (χ1v) is 6.16. The molecule has 0 aliphatic carbocycles. The third kappa shape index (κ3) is 2.26. The van der Waals surface area contributed by atoms with Gasteiger partial charge >= 0.3 is 6.18 Å². The van der Waals surface area contributed by atoms with E-state index in [0.717, 1.165) is 4.57 Å². The molecule has 0 spiro atoms. The van der Waals surface area contributed by atoms with Gasteiger partial charge in [0.1, 0.15) is 0 Å². The number of carbonyl (C=O) groups excluding carboxylic acids is 1. The first-order valence-electron chi connectivity index (χ1n) is 6.16. The maximum atomic E-state index is 12.7. The van der Waals surface area contributed by atoms with Crippen molar-refractivity contribution in [3.63, 3.8) is 0 Å². The second kappa shape index (κ2) is 4.57. The van der Waals surface area contributed by atoms with Crippen LogP contribution in [0.3, 0.4) is 0 Å². The molecule has 3 rings (SSSR count). The smallest absolute Gasteiger partial charge is 0.329 e. The molecule has 2 aromatic rings. The molecule has 0 saturated carbocycles. The number of aryl methyl sites for hydroxylation is 1. The number of nitrogens with zero attached hydrogens (tertiary/aromatic N) is 5. The Balaban J connectivity index is 1.84. The minimum Gasteiger partial charge on any atom is -0.329 e. The van der Waals surface area contributed by atoms with Crippen LogP contribution in [0.4, 0.5) is 13.2 Å². The fourth-order valence-corrected chi connectivity index (χ4v) is 2.28. The van der Waals surface area contributed by atoms with E-state index >= 15 is 0 Å². The van der Waals surface area contributed by atoms with E-state index in [1.54, 1.807) is 6.92 Å². The summed E-state index contributed by atoms with van der Waals surface area (Å²) >= 11 is 0. The molecule has 0 radical (unpaired) electrons. The largest absolute Gasteiger partial charge is 0.451 e. The summed E-state index contributed by atoms with van der Waals surface area (Å²) in [5.41, 5.74) is 1.02. The van der Waals surface area contributed by atoms with Crippen molar-refractivity contribution in [1.29, 1.82) is 0 Å². The molecule has 1 aliphatic rings. The van der Waals surface area contributed by atoms with Gasteiger partial charge in [-0.05, 0) is 6.92 Å². The van der Waals surface area contributed by atoms with Gasteiger partial charge in [-0.1, -0.05) is 0 Å². The van der Waals surface area contributed by atoms with E-state index in [1.165, 1.54) is 11.1 Å². The third-order valence-electron chi connectivity index (χ3n) is 3.35. The average molecular weight is 300 g/mol. The molecule has 1 aliphatic heterocycles. The molecule has 0 fully saturated rings. The zero-order valence-corrected chi connectivity index (χ0v) is 11.0. The van der Waals surface area contributed by atoms with E-state index < -0.39 is 12.0 Å². The number of aromatic nitrogens is 5. The zero-order chi connectivity index (χ0) is 15.2. The van der Waals surface area contributed by atoms with Crippen molar-refractivity contribution in [2.24, 2.45) is 0 Å². The molecule has 10 heteroatoms. The maximum Gasteiger partial charge on any atom is 0.451 e. The lowest BCUT2D eigenvalue weighted by Crippen LogP contribution is -2.39. The van der Waals surface area contributed by atoms with Crippen molar-refractivity contribution in [2.75, 3.05) is 6.54 Å². The zero-order valence-electron chi connectivity index (χ0n) is 11.0. The molecular weight excluding hydrogens is 289 g/mol. The van der Waals surface area contributed by atoms with Gasteiger partial charge in [0.05, 0.1) is 18.3 Å². The summed E-state index contributed by atoms with van der Waals surface area (Å²) in [6.45, 7) is 1.87. The van der Waals surface area contributed by atoms with Crippen LogP contribution in [-0.2, 0) is 19.3 Å². The van der Waals surface area contributed by atoms with Crippen molar-refractivity contribution >= 4 is 5.91 Å². The van der Waals surface area contributed by atoms with Gasteiger partial charge in [-0.25, -0.2) is 0 Å². The summed E-state index contributed by atoms with van der Waals surface area (Å²) in [6, 6.07) is 0. The molecule has 0 atom stereocenters. The minimum atomic E-state index is -4.54. The summed E-state index contributed by atoms with van der Waals surface area (Å²) < 4.78 is 39.2. The van der Waals surface area contributed by atoms with Crippen LogP contribution in [0.1, 0.15) is 27.7 Å². The van der Waals surface area contributed by atoms with E-state index in [2.05, 4.69) is 20.4 Å². The number of nitrogens with one attached hydrogen (secondary N) is 1. The van der Waals surface area contributed by atoms with Gasteiger partial charge in [0.2, 0.25) is 5.82 Å². The second-order valence-electron chi connectivity index (χ2n) is 4.72. The van der Waals surface area contributed by atoms with E-state index in [4.69, 9.17) is 0 Å². The lowest BCUT2D eigenvalue weighted by Gasteiger charge is -2.27. The molecular formula is C11H11F3N6O. The Morgan fingerprint density at radius 2 is 2.10 bits per heavy atom. The summed E-state index contributed by atoms with van der Waals surface area (Å²) in [7, 11) is 0. The number of fused-ring (bicyclic) bond motifs is 1. The first kappa shape index (κ1) is 13.6. The molecule has 0 aromatic carbocycles. The number of hydrogen-bond donors (Lipinski definition) is 1. The van der Waals surface area contributed by atoms with Gasteiger partial charge in [0.15, 0.2) is 5.82 Å². The van der Waals surface area contributed by atoms with Crippen LogP contribution in [0.5, 0.6) is 0 Å². The van der Waals surface area contributed by atoms with Crippen molar-refractivity contribution < 1.29 is 18.0 Å². The van der Waals surface area contributed by atoms with Crippen LogP contribution in [0.25, 0.3) is 0 Å². The predicted octanol–water partition coefficient (Wildman–Crippen LogP) is 0.984. The van der Waals surface area contributed by atoms with Gasteiger partial charge in [-0.15, -0.1) is 10.2 Å². The van der Waals surface area contributed by atoms with Crippen LogP contribution in [-0.4, -0.2) is 42.3 Å². The Kier molecular flexibility index (Phi) is 2.96.